The lowest BCUT2D eigenvalue weighted by Gasteiger charge is -2.21. The molecule has 4 rings (SSSR count). The molecule has 6 nitrogen and oxygen atoms in total. The number of hydrogen-bond acceptors (Lipinski definition) is 4. The second kappa shape index (κ2) is 4.44. The van der Waals surface area contributed by atoms with Crippen LogP contribution >= 0.6 is 11.6 Å². The monoisotopic (exact) mass is 341 g/mol. The van der Waals surface area contributed by atoms with Crippen LogP contribution in [-0.2, 0) is 15.6 Å². The summed E-state index contributed by atoms with van der Waals surface area (Å²) in [6.07, 6.45) is 4.13. The van der Waals surface area contributed by atoms with Gasteiger partial charge in [-0.25, -0.2) is 13.1 Å². The Balaban J connectivity index is 1.64. The van der Waals surface area contributed by atoms with Crippen molar-refractivity contribution in [1.29, 1.82) is 0 Å². The van der Waals surface area contributed by atoms with Gasteiger partial charge in [-0.2, -0.15) is 5.10 Å². The highest BCUT2D eigenvalue weighted by Gasteiger charge is 2.69. The number of H-pyrrole nitrogens is 1. The molecular formula is C14H16ClN3O3S. The van der Waals surface area contributed by atoms with Gasteiger partial charge < -0.3 is 5.11 Å². The van der Waals surface area contributed by atoms with Crippen molar-refractivity contribution >= 4 is 32.5 Å². The van der Waals surface area contributed by atoms with Crippen molar-refractivity contribution in [1.82, 2.24) is 14.9 Å². The summed E-state index contributed by atoms with van der Waals surface area (Å²) < 4.78 is 25.3. The molecule has 1 aromatic carbocycles. The number of rotatable bonds is 3. The van der Waals surface area contributed by atoms with E-state index in [-0.39, 0.29) is 17.9 Å². The van der Waals surface area contributed by atoms with Gasteiger partial charge in [0.15, 0.2) is 0 Å². The van der Waals surface area contributed by atoms with Crippen LogP contribution in [0.3, 0.4) is 0 Å². The first-order chi connectivity index (χ1) is 10.3. The molecule has 0 aliphatic heterocycles. The molecule has 1 aromatic heterocycles. The summed E-state index contributed by atoms with van der Waals surface area (Å²) in [4.78, 5) is 0. The van der Waals surface area contributed by atoms with Crippen molar-refractivity contribution < 1.29 is 13.5 Å². The number of nitrogens with zero attached hydrogens (tertiary/aromatic N) is 1. The normalized spacial score (nSPS) is 34.0. The van der Waals surface area contributed by atoms with Gasteiger partial charge in [0, 0.05) is 16.5 Å². The van der Waals surface area contributed by atoms with E-state index in [0.29, 0.717) is 17.9 Å². The SMILES string of the molecule is CS(=O)(=O)NC1CC2C(C1)C2(O)c1cc(Cl)cc2[nH]ncc12. The summed E-state index contributed by atoms with van der Waals surface area (Å²) in [6, 6.07) is 3.48. The zero-order valence-corrected chi connectivity index (χ0v) is 13.4. The standard InChI is InChI=1S/C14H16ClN3O3S/c1-22(20,21)18-8-4-11-12(5-8)14(11,19)10-2-7(15)3-13-9(10)6-16-17-13/h2-3,6,8,11-12,18-19H,4-5H2,1H3,(H,16,17). The molecule has 22 heavy (non-hydrogen) atoms. The van der Waals surface area contributed by atoms with Gasteiger partial charge in [0.05, 0.1) is 23.6 Å². The summed E-state index contributed by atoms with van der Waals surface area (Å²) in [6.45, 7) is 0. The van der Waals surface area contributed by atoms with E-state index in [2.05, 4.69) is 14.9 Å². The summed E-state index contributed by atoms with van der Waals surface area (Å²) in [5.74, 6) is 0.117. The Morgan fingerprint density at radius 3 is 2.73 bits per heavy atom. The lowest BCUT2D eigenvalue weighted by molar-refractivity contribution is 0.103. The summed E-state index contributed by atoms with van der Waals surface area (Å²) in [5.41, 5.74) is 0.658. The number of sulfonamides is 1. The second-order valence-corrected chi connectivity index (χ2v) is 8.60. The Bertz CT molecular complexity index is 851. The van der Waals surface area contributed by atoms with Crippen molar-refractivity contribution in [3.63, 3.8) is 0 Å². The largest absolute Gasteiger partial charge is 0.385 e. The topological polar surface area (TPSA) is 95.1 Å². The van der Waals surface area contributed by atoms with Crippen LogP contribution < -0.4 is 4.72 Å². The van der Waals surface area contributed by atoms with E-state index >= 15 is 0 Å². The molecule has 2 saturated carbocycles. The van der Waals surface area contributed by atoms with Gasteiger partial charge in [0.2, 0.25) is 10.0 Å². The zero-order valence-electron chi connectivity index (χ0n) is 11.9. The molecule has 118 valence electrons. The fraction of sp³-hybridized carbons (Fsp3) is 0.500. The molecule has 2 fully saturated rings. The first-order valence-electron chi connectivity index (χ1n) is 7.12. The first kappa shape index (κ1) is 14.4. The van der Waals surface area contributed by atoms with E-state index in [4.69, 9.17) is 11.6 Å². The van der Waals surface area contributed by atoms with E-state index < -0.39 is 15.6 Å². The third-order valence-corrected chi connectivity index (χ3v) is 5.90. The minimum Gasteiger partial charge on any atom is -0.385 e. The van der Waals surface area contributed by atoms with Crippen LogP contribution in [0.4, 0.5) is 0 Å². The van der Waals surface area contributed by atoms with Crippen molar-refractivity contribution in [2.75, 3.05) is 6.26 Å². The predicted octanol–water partition coefficient (Wildman–Crippen LogP) is 1.36. The van der Waals surface area contributed by atoms with Gasteiger partial charge in [-0.1, -0.05) is 11.6 Å². The minimum atomic E-state index is -3.21. The van der Waals surface area contributed by atoms with Gasteiger partial charge in [-0.3, -0.25) is 5.10 Å². The van der Waals surface area contributed by atoms with Gasteiger partial charge in [-0.05, 0) is 42.4 Å². The number of halogens is 1. The predicted molar refractivity (Wildman–Crippen MR) is 83.0 cm³/mol. The van der Waals surface area contributed by atoms with Crippen LogP contribution in [0.15, 0.2) is 18.3 Å². The van der Waals surface area contributed by atoms with E-state index in [1.54, 1.807) is 18.3 Å². The van der Waals surface area contributed by atoms with E-state index in [0.717, 1.165) is 22.7 Å². The highest BCUT2D eigenvalue weighted by Crippen LogP contribution is 2.67. The molecule has 3 N–H and O–H groups in total. The maximum Gasteiger partial charge on any atom is 0.208 e. The first-order valence-corrected chi connectivity index (χ1v) is 9.39. The summed E-state index contributed by atoms with van der Waals surface area (Å²) in [7, 11) is -3.21. The van der Waals surface area contributed by atoms with Gasteiger partial charge >= 0.3 is 0 Å². The molecule has 2 unspecified atom stereocenters. The lowest BCUT2D eigenvalue weighted by atomic mass is 9.95. The average molecular weight is 342 g/mol. The number of nitrogens with one attached hydrogen (secondary N) is 2. The lowest BCUT2D eigenvalue weighted by Crippen LogP contribution is -2.35. The van der Waals surface area contributed by atoms with Crippen LogP contribution in [0.2, 0.25) is 5.02 Å². The smallest absolute Gasteiger partial charge is 0.208 e. The Morgan fingerprint density at radius 1 is 1.41 bits per heavy atom. The van der Waals surface area contributed by atoms with Crippen molar-refractivity contribution in [2.45, 2.75) is 24.5 Å². The van der Waals surface area contributed by atoms with Gasteiger partial charge in [-0.15, -0.1) is 0 Å². The number of aromatic amines is 1. The molecule has 0 bridgehead atoms. The average Bonchev–Trinajstić information content (AvgIpc) is 2.83. The number of benzene rings is 1. The fourth-order valence-corrected chi connectivity index (χ4v) is 5.08. The maximum atomic E-state index is 11.3. The quantitative estimate of drug-likeness (QED) is 0.785. The molecule has 0 spiro atoms. The number of fused-ring (bicyclic) bond motifs is 2. The highest BCUT2D eigenvalue weighted by molar-refractivity contribution is 7.88. The van der Waals surface area contributed by atoms with E-state index in [1.165, 1.54) is 0 Å². The van der Waals surface area contributed by atoms with Crippen LogP contribution in [-0.4, -0.2) is 36.0 Å². The molecule has 2 aliphatic carbocycles. The molecular weight excluding hydrogens is 326 g/mol. The number of aromatic nitrogens is 2. The highest BCUT2D eigenvalue weighted by atomic mass is 35.5. The van der Waals surface area contributed by atoms with Gasteiger partial charge in [0.1, 0.15) is 0 Å². The zero-order chi connectivity index (χ0) is 15.7. The van der Waals surface area contributed by atoms with Crippen LogP contribution in [0.5, 0.6) is 0 Å². The second-order valence-electron chi connectivity index (χ2n) is 6.38. The molecule has 0 radical (unpaired) electrons. The summed E-state index contributed by atoms with van der Waals surface area (Å²) in [5, 5.41) is 19.4. The maximum absolute atomic E-state index is 11.3. The van der Waals surface area contributed by atoms with E-state index in [1.807, 2.05) is 0 Å². The third kappa shape index (κ3) is 2.07. The van der Waals surface area contributed by atoms with Gasteiger partial charge in [0.25, 0.3) is 0 Å². The van der Waals surface area contributed by atoms with Crippen molar-refractivity contribution in [3.05, 3.63) is 28.9 Å². The van der Waals surface area contributed by atoms with E-state index in [9.17, 15) is 13.5 Å². The third-order valence-electron chi connectivity index (χ3n) is 4.92. The molecule has 8 heteroatoms. The molecule has 0 amide bonds. The Morgan fingerprint density at radius 2 is 2.09 bits per heavy atom. The van der Waals surface area contributed by atoms with Crippen molar-refractivity contribution in [2.24, 2.45) is 11.8 Å². The Hall–Kier alpha value is -1.15. The number of aliphatic hydroxyl groups is 1. The van der Waals surface area contributed by atoms with Crippen LogP contribution in [0.1, 0.15) is 18.4 Å². The molecule has 2 aromatic rings. The number of hydrogen-bond donors (Lipinski definition) is 3. The molecule has 0 saturated heterocycles. The molecule has 2 atom stereocenters. The van der Waals surface area contributed by atoms with Crippen LogP contribution in [0, 0.1) is 11.8 Å². The minimum absolute atomic E-state index is 0.0586. The Labute approximate surface area is 132 Å². The summed E-state index contributed by atoms with van der Waals surface area (Å²) >= 11 is 6.14. The Kier molecular flexibility index (Phi) is 2.92. The van der Waals surface area contributed by atoms with Crippen LogP contribution in [0.25, 0.3) is 10.9 Å². The fourth-order valence-electron chi connectivity index (χ4n) is 4.06. The van der Waals surface area contributed by atoms with Crippen molar-refractivity contribution in [3.8, 4) is 0 Å². The molecule has 1 heterocycles. The molecule has 2 aliphatic rings.